The van der Waals surface area contributed by atoms with Gasteiger partial charge in [-0.1, -0.05) is 60.7 Å². The third-order valence-electron chi connectivity index (χ3n) is 4.64. The normalized spacial score (nSPS) is 12.2. The molecule has 4 heteroatoms. The van der Waals surface area contributed by atoms with Crippen LogP contribution in [0.25, 0.3) is 21.7 Å². The highest BCUT2D eigenvalue weighted by atomic mass is 32.2. The van der Waals surface area contributed by atoms with Gasteiger partial charge in [0.15, 0.2) is 0 Å². The first-order chi connectivity index (χ1) is 13.2. The first-order valence-electron chi connectivity index (χ1n) is 8.96. The third kappa shape index (κ3) is 3.81. The standard InChI is InChI=1S/C23H20N2OS/c1-16(18-11-6-8-17-7-2-3-9-19(17)18)25-23(26)15-27-22-13-14-24-21-12-5-4-10-20(21)22/h2-14,16H,15H2,1H3,(H,25,26). The van der Waals surface area contributed by atoms with Crippen LogP contribution in [0.3, 0.4) is 0 Å². The summed E-state index contributed by atoms with van der Waals surface area (Å²) in [6.45, 7) is 2.03. The molecule has 1 N–H and O–H groups in total. The molecule has 1 aromatic heterocycles. The fourth-order valence-corrected chi connectivity index (χ4v) is 4.18. The number of carbonyl (C=O) groups is 1. The molecule has 134 valence electrons. The molecule has 27 heavy (non-hydrogen) atoms. The molecule has 0 aliphatic carbocycles. The van der Waals surface area contributed by atoms with Crippen molar-refractivity contribution in [1.29, 1.82) is 0 Å². The number of nitrogens with zero attached hydrogens (tertiary/aromatic N) is 1. The summed E-state index contributed by atoms with van der Waals surface area (Å²) in [6, 6.07) is 24.4. The average Bonchev–Trinajstić information content (AvgIpc) is 2.71. The van der Waals surface area contributed by atoms with Crippen molar-refractivity contribution in [3.8, 4) is 0 Å². The van der Waals surface area contributed by atoms with Crippen LogP contribution < -0.4 is 5.32 Å². The lowest BCUT2D eigenvalue weighted by atomic mass is 10.00. The monoisotopic (exact) mass is 372 g/mol. The van der Waals surface area contributed by atoms with Gasteiger partial charge in [-0.2, -0.15) is 0 Å². The number of benzene rings is 3. The van der Waals surface area contributed by atoms with Crippen molar-refractivity contribution in [2.24, 2.45) is 0 Å². The van der Waals surface area contributed by atoms with Gasteiger partial charge in [-0.15, -0.1) is 11.8 Å². The maximum absolute atomic E-state index is 12.5. The summed E-state index contributed by atoms with van der Waals surface area (Å²) in [6.07, 6.45) is 1.79. The highest BCUT2D eigenvalue weighted by Crippen LogP contribution is 2.27. The number of amides is 1. The van der Waals surface area contributed by atoms with E-state index in [2.05, 4.69) is 34.6 Å². The molecule has 0 aliphatic heterocycles. The Hall–Kier alpha value is -2.85. The molecule has 3 aromatic carbocycles. The molecule has 1 amide bonds. The van der Waals surface area contributed by atoms with Crippen molar-refractivity contribution < 1.29 is 4.79 Å². The van der Waals surface area contributed by atoms with Crippen molar-refractivity contribution in [3.63, 3.8) is 0 Å². The summed E-state index contributed by atoms with van der Waals surface area (Å²) in [7, 11) is 0. The molecular weight excluding hydrogens is 352 g/mol. The quantitative estimate of drug-likeness (QED) is 0.480. The molecule has 0 saturated carbocycles. The minimum atomic E-state index is -0.0432. The smallest absolute Gasteiger partial charge is 0.230 e. The summed E-state index contributed by atoms with van der Waals surface area (Å²) in [5.74, 6) is 0.407. The number of hydrogen-bond acceptors (Lipinski definition) is 3. The molecule has 0 aliphatic rings. The molecule has 1 atom stereocenters. The molecule has 3 nitrogen and oxygen atoms in total. The van der Waals surface area contributed by atoms with E-state index in [4.69, 9.17) is 0 Å². The minimum Gasteiger partial charge on any atom is -0.349 e. The summed E-state index contributed by atoms with van der Waals surface area (Å²) < 4.78 is 0. The van der Waals surface area contributed by atoms with Gasteiger partial charge >= 0.3 is 0 Å². The highest BCUT2D eigenvalue weighted by Gasteiger charge is 2.13. The Morgan fingerprint density at radius 2 is 1.70 bits per heavy atom. The predicted octanol–water partition coefficient (Wildman–Crippen LogP) is 5.36. The van der Waals surface area contributed by atoms with E-state index in [1.165, 1.54) is 10.8 Å². The van der Waals surface area contributed by atoms with Gasteiger partial charge in [0.2, 0.25) is 5.91 Å². The molecule has 0 radical (unpaired) electrons. The summed E-state index contributed by atoms with van der Waals surface area (Å²) in [5, 5.41) is 6.58. The molecule has 0 spiro atoms. The van der Waals surface area contributed by atoms with Crippen molar-refractivity contribution >= 4 is 39.3 Å². The van der Waals surface area contributed by atoms with Crippen LogP contribution in [0.1, 0.15) is 18.5 Å². The van der Waals surface area contributed by atoms with E-state index >= 15 is 0 Å². The number of rotatable bonds is 5. The zero-order valence-electron chi connectivity index (χ0n) is 15.1. The summed E-state index contributed by atoms with van der Waals surface area (Å²) >= 11 is 1.55. The van der Waals surface area contributed by atoms with Gasteiger partial charge < -0.3 is 5.32 Å². The Kier molecular flexibility index (Phi) is 5.07. The lowest BCUT2D eigenvalue weighted by Crippen LogP contribution is -2.28. The second-order valence-electron chi connectivity index (χ2n) is 6.47. The highest BCUT2D eigenvalue weighted by molar-refractivity contribution is 8.00. The number of para-hydroxylation sites is 1. The summed E-state index contributed by atoms with van der Waals surface area (Å²) in [5.41, 5.74) is 2.09. The third-order valence-corrected chi connectivity index (χ3v) is 5.71. The van der Waals surface area contributed by atoms with Crippen LogP contribution in [0.2, 0.25) is 0 Å². The van der Waals surface area contributed by atoms with Gasteiger partial charge in [0.25, 0.3) is 0 Å². The molecule has 0 saturated heterocycles. The molecule has 0 bridgehead atoms. The Bertz CT molecular complexity index is 1100. The Labute approximate surface area is 162 Å². The number of aromatic nitrogens is 1. The number of pyridine rings is 1. The van der Waals surface area contributed by atoms with Crippen molar-refractivity contribution in [3.05, 3.63) is 84.6 Å². The van der Waals surface area contributed by atoms with Gasteiger partial charge in [0.1, 0.15) is 0 Å². The van der Waals surface area contributed by atoms with Crippen LogP contribution in [-0.4, -0.2) is 16.6 Å². The Morgan fingerprint density at radius 3 is 2.59 bits per heavy atom. The van der Waals surface area contributed by atoms with E-state index in [-0.39, 0.29) is 11.9 Å². The minimum absolute atomic E-state index is 0.0290. The number of nitrogens with one attached hydrogen (secondary N) is 1. The number of fused-ring (bicyclic) bond motifs is 2. The van der Waals surface area contributed by atoms with E-state index in [1.807, 2.05) is 55.5 Å². The maximum atomic E-state index is 12.5. The van der Waals surface area contributed by atoms with E-state index in [0.29, 0.717) is 5.75 Å². The van der Waals surface area contributed by atoms with E-state index in [1.54, 1.807) is 18.0 Å². The van der Waals surface area contributed by atoms with Crippen LogP contribution in [-0.2, 0) is 4.79 Å². The van der Waals surface area contributed by atoms with Gasteiger partial charge in [0, 0.05) is 16.5 Å². The number of carbonyl (C=O) groups excluding carboxylic acids is 1. The van der Waals surface area contributed by atoms with Gasteiger partial charge in [-0.3, -0.25) is 9.78 Å². The maximum Gasteiger partial charge on any atom is 0.230 e. The fraction of sp³-hybridized carbons (Fsp3) is 0.130. The first kappa shape index (κ1) is 17.6. The van der Waals surface area contributed by atoms with Crippen LogP contribution in [0.5, 0.6) is 0 Å². The molecule has 4 aromatic rings. The van der Waals surface area contributed by atoms with E-state index in [0.717, 1.165) is 21.4 Å². The second-order valence-corrected chi connectivity index (χ2v) is 7.49. The molecule has 0 fully saturated rings. The fourth-order valence-electron chi connectivity index (χ4n) is 3.33. The Balaban J connectivity index is 1.46. The SMILES string of the molecule is CC(NC(=O)CSc1ccnc2ccccc12)c1cccc2ccccc12. The van der Waals surface area contributed by atoms with E-state index in [9.17, 15) is 4.79 Å². The summed E-state index contributed by atoms with van der Waals surface area (Å²) in [4.78, 5) is 18.0. The van der Waals surface area contributed by atoms with E-state index < -0.39 is 0 Å². The van der Waals surface area contributed by atoms with Gasteiger partial charge in [-0.25, -0.2) is 0 Å². The lowest BCUT2D eigenvalue weighted by Gasteiger charge is -2.16. The van der Waals surface area contributed by atoms with Crippen LogP contribution in [0.4, 0.5) is 0 Å². The zero-order chi connectivity index (χ0) is 18.6. The lowest BCUT2D eigenvalue weighted by molar-refractivity contribution is -0.119. The predicted molar refractivity (Wildman–Crippen MR) is 113 cm³/mol. The van der Waals surface area contributed by atoms with Crippen LogP contribution in [0, 0.1) is 0 Å². The van der Waals surface area contributed by atoms with Crippen LogP contribution >= 0.6 is 11.8 Å². The molecule has 1 heterocycles. The van der Waals surface area contributed by atoms with Crippen molar-refractivity contribution in [2.45, 2.75) is 17.9 Å². The zero-order valence-corrected chi connectivity index (χ0v) is 15.9. The molecular formula is C23H20N2OS. The largest absolute Gasteiger partial charge is 0.349 e. The Morgan fingerprint density at radius 1 is 0.963 bits per heavy atom. The molecule has 4 rings (SSSR count). The number of thioether (sulfide) groups is 1. The first-order valence-corrected chi connectivity index (χ1v) is 9.94. The van der Waals surface area contributed by atoms with Crippen molar-refractivity contribution in [1.82, 2.24) is 10.3 Å². The topological polar surface area (TPSA) is 42.0 Å². The van der Waals surface area contributed by atoms with Gasteiger partial charge in [-0.05, 0) is 35.4 Å². The number of hydrogen-bond donors (Lipinski definition) is 1. The van der Waals surface area contributed by atoms with Crippen LogP contribution in [0.15, 0.2) is 83.9 Å². The average molecular weight is 372 g/mol. The second kappa shape index (κ2) is 7.80. The van der Waals surface area contributed by atoms with Gasteiger partial charge in [0.05, 0.1) is 17.3 Å². The molecule has 1 unspecified atom stereocenters. The van der Waals surface area contributed by atoms with Crippen molar-refractivity contribution in [2.75, 3.05) is 5.75 Å².